The van der Waals surface area contributed by atoms with Gasteiger partial charge in [0, 0.05) is 30.7 Å². The number of ether oxygens (including phenoxy) is 1. The van der Waals surface area contributed by atoms with Crippen LogP contribution in [-0.4, -0.2) is 149 Å². The van der Waals surface area contributed by atoms with E-state index in [4.69, 9.17) is 21.4 Å². The number of hydrogen-bond acceptors (Lipinski definition) is 4. The van der Waals surface area contributed by atoms with E-state index in [0.29, 0.717) is 11.4 Å². The van der Waals surface area contributed by atoms with Crippen LogP contribution in [0.5, 0.6) is 0 Å². The van der Waals surface area contributed by atoms with Crippen molar-refractivity contribution in [1.82, 2.24) is 9.88 Å². The van der Waals surface area contributed by atoms with Gasteiger partial charge in [-0.2, -0.15) is 0 Å². The third kappa shape index (κ3) is 11.8. The van der Waals surface area contributed by atoms with Crippen LogP contribution >= 0.6 is 11.6 Å². The third-order valence-electron chi connectivity index (χ3n) is 4.86. The van der Waals surface area contributed by atoms with E-state index < -0.39 is 5.97 Å². The van der Waals surface area contributed by atoms with Crippen molar-refractivity contribution < 1.29 is 25.6 Å². The molecule has 1 aromatic heterocycles. The molecule has 1 saturated heterocycles. The van der Waals surface area contributed by atoms with E-state index in [9.17, 15) is 4.79 Å². The van der Waals surface area contributed by atoms with Gasteiger partial charge in [-0.15, -0.1) is 0 Å². The summed E-state index contributed by atoms with van der Waals surface area (Å²) in [5, 5.41) is 9.47. The molecule has 0 bridgehead atoms. The normalized spacial score (nSPS) is 14.7. The average molecular weight is 600 g/mol. The van der Waals surface area contributed by atoms with Crippen molar-refractivity contribution in [2.24, 2.45) is 0 Å². The van der Waals surface area contributed by atoms with Crippen LogP contribution in [0.3, 0.4) is 0 Å². The van der Waals surface area contributed by atoms with Crippen LogP contribution in [0, 0.1) is 0 Å². The second kappa shape index (κ2) is 18.3. The molecule has 31 heavy (non-hydrogen) atoms. The molecule has 0 aliphatic carbocycles. The predicted molar refractivity (Wildman–Crippen MR) is 124 cm³/mol. The Hall–Kier alpha value is 0.931. The molecular formula is C21H29ClN2O5Sr2+4. The molecule has 10 heteroatoms. The number of hydrogen-bond donors (Lipinski definition) is 1. The summed E-state index contributed by atoms with van der Waals surface area (Å²) in [5.41, 5.74) is 1.94. The molecule has 0 saturated carbocycles. The average Bonchev–Trinajstić information content (AvgIpc) is 2.68. The molecule has 1 aliphatic heterocycles. The van der Waals surface area contributed by atoms with E-state index >= 15 is 0 Å². The number of pyridine rings is 1. The number of nitrogens with zero attached hydrogens (tertiary/aromatic N) is 2. The number of aromatic nitrogens is 1. The maximum atomic E-state index is 10.7. The summed E-state index contributed by atoms with van der Waals surface area (Å²) in [5.74, 6) is -0.727. The Morgan fingerprint density at radius 3 is 2.32 bits per heavy atom. The molecule has 2 heterocycles. The van der Waals surface area contributed by atoms with Crippen molar-refractivity contribution in [1.29, 1.82) is 0 Å². The molecule has 160 valence electrons. The zero-order valence-electron chi connectivity index (χ0n) is 17.7. The van der Waals surface area contributed by atoms with Gasteiger partial charge in [0.2, 0.25) is 0 Å². The van der Waals surface area contributed by atoms with Crippen molar-refractivity contribution in [2.45, 2.75) is 37.9 Å². The van der Waals surface area contributed by atoms with Crippen LogP contribution in [0.2, 0.25) is 5.02 Å². The first-order valence-corrected chi connectivity index (χ1v) is 9.75. The molecule has 1 fully saturated rings. The summed E-state index contributed by atoms with van der Waals surface area (Å²) in [7, 11) is 0. The monoisotopic (exact) mass is 600 g/mol. The van der Waals surface area contributed by atoms with Crippen molar-refractivity contribution in [2.75, 3.05) is 19.6 Å². The number of piperidine rings is 1. The van der Waals surface area contributed by atoms with E-state index in [1.807, 2.05) is 42.5 Å². The molecule has 2 aromatic rings. The van der Waals surface area contributed by atoms with Crippen molar-refractivity contribution >= 4 is 109 Å². The largest absolute Gasteiger partial charge is 2.00 e. The van der Waals surface area contributed by atoms with E-state index in [-0.39, 0.29) is 121 Å². The van der Waals surface area contributed by atoms with Gasteiger partial charge in [-0.25, -0.2) is 0 Å². The summed E-state index contributed by atoms with van der Waals surface area (Å²) in [6, 6.07) is 13.6. The minimum Gasteiger partial charge on any atom is -0.481 e. The Morgan fingerprint density at radius 2 is 1.77 bits per heavy atom. The quantitative estimate of drug-likeness (QED) is 0.463. The summed E-state index contributed by atoms with van der Waals surface area (Å²) in [4.78, 5) is 17.5. The molecule has 0 spiro atoms. The first-order valence-electron chi connectivity index (χ1n) is 9.38. The molecule has 1 atom stereocenters. The number of carboxylic acids is 1. The zero-order valence-corrected chi connectivity index (χ0v) is 25.4. The summed E-state index contributed by atoms with van der Waals surface area (Å²) in [6.07, 6.45) is 4.52. The third-order valence-corrected chi connectivity index (χ3v) is 5.11. The van der Waals surface area contributed by atoms with Gasteiger partial charge in [-0.3, -0.25) is 9.78 Å². The fourth-order valence-electron chi connectivity index (χ4n) is 3.40. The van der Waals surface area contributed by atoms with Crippen molar-refractivity contribution in [3.05, 3.63) is 64.9 Å². The van der Waals surface area contributed by atoms with Crippen LogP contribution in [0.25, 0.3) is 0 Å². The molecule has 3 rings (SSSR count). The Kier molecular flexibility index (Phi) is 20.1. The summed E-state index contributed by atoms with van der Waals surface area (Å²) < 4.78 is 6.47. The molecule has 1 aliphatic rings. The molecule has 7 nitrogen and oxygen atoms in total. The van der Waals surface area contributed by atoms with E-state index in [1.165, 1.54) is 0 Å². The van der Waals surface area contributed by atoms with Crippen molar-refractivity contribution in [3.8, 4) is 0 Å². The number of likely N-dealkylation sites (tertiary alicyclic amines) is 1. The number of halogens is 1. The fourth-order valence-corrected chi connectivity index (χ4v) is 3.53. The van der Waals surface area contributed by atoms with Gasteiger partial charge in [0.1, 0.15) is 6.10 Å². The molecule has 1 aromatic carbocycles. The van der Waals surface area contributed by atoms with Crippen LogP contribution in [0.15, 0.2) is 48.7 Å². The maximum Gasteiger partial charge on any atom is 2.00 e. The standard InChI is InChI=1S/C21H25ClN2O3.2H2O.2Sr/c22-17-8-6-16(7-9-17)21(19-4-1-2-12-23-19)27-18-10-14-24(15-11-18)13-3-5-20(25)26;;;;/h1-2,4,6-9,12,18,21H,3,5,10-11,13-15H2,(H,25,26);2*1H2;;/q;;;2*+2/t21-;;;;/m0..../s1. The molecule has 0 amide bonds. The van der Waals surface area contributed by atoms with Crippen LogP contribution < -0.4 is 0 Å². The zero-order chi connectivity index (χ0) is 19.1. The minimum absolute atomic E-state index is 0. The maximum absolute atomic E-state index is 10.7. The number of rotatable bonds is 8. The molecule has 0 radical (unpaired) electrons. The number of benzene rings is 1. The van der Waals surface area contributed by atoms with Gasteiger partial charge in [0.15, 0.2) is 0 Å². The van der Waals surface area contributed by atoms with Gasteiger partial charge >= 0.3 is 96.9 Å². The van der Waals surface area contributed by atoms with Crippen LogP contribution in [0.1, 0.15) is 43.0 Å². The smallest absolute Gasteiger partial charge is 0.481 e. The van der Waals surface area contributed by atoms with Crippen molar-refractivity contribution in [3.63, 3.8) is 0 Å². The number of carboxylic acid groups (broad SMARTS) is 1. The minimum atomic E-state index is -0.727. The SMILES string of the molecule is O.O.O=C(O)CCCN1CCC(O[C@@H](c2ccc(Cl)cc2)c2ccccn2)CC1.[Sr+2].[Sr+2]. The second-order valence-corrected chi connectivity index (χ2v) is 7.30. The predicted octanol–water partition coefficient (Wildman–Crippen LogP) is 1.76. The second-order valence-electron chi connectivity index (χ2n) is 6.86. The van der Waals surface area contributed by atoms with E-state index in [2.05, 4.69) is 9.88 Å². The summed E-state index contributed by atoms with van der Waals surface area (Å²) >= 11 is 6.03. The van der Waals surface area contributed by atoms with Gasteiger partial charge < -0.3 is 25.7 Å². The van der Waals surface area contributed by atoms with Crippen LogP contribution in [0.4, 0.5) is 0 Å². The first-order chi connectivity index (χ1) is 13.1. The Bertz CT molecular complexity index is 732. The Balaban J connectivity index is 0. The number of aliphatic carboxylic acids is 1. The molecule has 5 N–H and O–H groups in total. The van der Waals surface area contributed by atoms with Gasteiger partial charge in [-0.05, 0) is 55.6 Å². The van der Waals surface area contributed by atoms with Crippen LogP contribution in [-0.2, 0) is 9.53 Å². The Morgan fingerprint density at radius 1 is 1.13 bits per heavy atom. The fraction of sp³-hybridized carbons (Fsp3) is 0.429. The van der Waals surface area contributed by atoms with E-state index in [1.54, 1.807) is 6.20 Å². The van der Waals surface area contributed by atoms with E-state index in [0.717, 1.165) is 43.7 Å². The van der Waals surface area contributed by atoms with Gasteiger partial charge in [0.25, 0.3) is 0 Å². The number of carbonyl (C=O) groups is 1. The molecular weight excluding hydrogens is 571 g/mol. The summed E-state index contributed by atoms with van der Waals surface area (Å²) in [6.45, 7) is 2.69. The van der Waals surface area contributed by atoms with Gasteiger partial charge in [0.05, 0.1) is 11.8 Å². The Labute approximate surface area is 262 Å². The molecule has 0 unspecified atom stereocenters. The first kappa shape index (κ1) is 34.1. The topological polar surface area (TPSA) is 126 Å². The van der Waals surface area contributed by atoms with Gasteiger partial charge in [-0.1, -0.05) is 29.8 Å².